The summed E-state index contributed by atoms with van der Waals surface area (Å²) < 4.78 is 11.3. The zero-order chi connectivity index (χ0) is 55.8. The van der Waals surface area contributed by atoms with Crippen LogP contribution in [-0.2, 0) is 14.3 Å². The summed E-state index contributed by atoms with van der Waals surface area (Å²) in [5.41, 5.74) is 0. The highest BCUT2D eigenvalue weighted by atomic mass is 16.7. The third-order valence-corrected chi connectivity index (χ3v) is 15.6. The first-order valence-electron chi connectivity index (χ1n) is 33.0. The second-order valence-corrected chi connectivity index (χ2v) is 22.9. The first-order chi connectivity index (χ1) is 37.8. The molecule has 9 heteroatoms. The van der Waals surface area contributed by atoms with Gasteiger partial charge in [-0.1, -0.05) is 306 Å². The molecular weight excluding hydrogens is 959 g/mol. The molecule has 0 saturated carbocycles. The predicted molar refractivity (Wildman–Crippen MR) is 327 cm³/mol. The average molecular weight is 1080 g/mol. The van der Waals surface area contributed by atoms with Crippen LogP contribution in [0.4, 0.5) is 0 Å². The number of hydrogen-bond donors (Lipinski definition) is 6. The van der Waals surface area contributed by atoms with Crippen LogP contribution in [0.5, 0.6) is 0 Å². The van der Waals surface area contributed by atoms with Crippen LogP contribution in [0.3, 0.4) is 0 Å². The van der Waals surface area contributed by atoms with Crippen LogP contribution in [0.25, 0.3) is 0 Å². The highest BCUT2D eigenvalue weighted by molar-refractivity contribution is 5.76. The molecule has 9 nitrogen and oxygen atoms in total. The lowest BCUT2D eigenvalue weighted by Gasteiger charge is -2.40. The Kier molecular flexibility index (Phi) is 54.1. The number of aliphatic hydroxyl groups is 5. The minimum atomic E-state index is -1.57. The van der Waals surface area contributed by atoms with E-state index in [-0.39, 0.29) is 12.5 Å². The molecule has 0 aromatic carbocycles. The number of amides is 1. The number of allylic oxidation sites excluding steroid dienone is 9. The Morgan fingerprint density at radius 1 is 0.455 bits per heavy atom. The SMILES string of the molecule is CC/C=C\C/C=C\C/C=C\C/C=C\CCCCCCCCCCCCCCCCCCCCCCC(=O)NC(COC1OC(CO)C(O)C(O)C1O)C(O)/C=C/CCCCCCCCCCCCCCCCCCCCC. The van der Waals surface area contributed by atoms with Crippen LogP contribution in [0, 0.1) is 0 Å². The standard InChI is InChI=1S/C68H125NO8/c1-3-5-7-9-11-13-15-17-19-21-23-25-26-27-28-29-30-31-32-33-34-35-36-38-40-42-44-46-48-50-52-54-56-58-64(72)69-61(60-76-68-67(75)66(74)65(73)63(59-70)77-68)62(71)57-55-53-51-49-47-45-43-41-39-37-24-22-20-18-16-14-12-10-8-6-4-2/h5,7,11,13,17,19,23,25,55,57,61-63,65-68,70-71,73-75H,3-4,6,8-10,12,14-16,18,20-22,24,26-54,56,58-60H2,1-2H3,(H,69,72)/b7-5-,13-11-,19-17-,25-23-,57-55+. The van der Waals surface area contributed by atoms with Crippen molar-refractivity contribution in [2.24, 2.45) is 0 Å². The Labute approximate surface area is 475 Å². The van der Waals surface area contributed by atoms with Crippen molar-refractivity contribution in [2.45, 2.75) is 352 Å². The number of aliphatic hydroxyl groups excluding tert-OH is 5. The molecule has 0 spiro atoms. The van der Waals surface area contributed by atoms with E-state index in [1.54, 1.807) is 6.08 Å². The Hall–Kier alpha value is -2.11. The smallest absolute Gasteiger partial charge is 0.220 e. The van der Waals surface area contributed by atoms with Crippen molar-refractivity contribution in [1.82, 2.24) is 5.32 Å². The summed E-state index contributed by atoms with van der Waals surface area (Å²) in [6, 6.07) is -0.806. The molecule has 1 rings (SSSR count). The van der Waals surface area contributed by atoms with E-state index in [2.05, 4.69) is 67.8 Å². The largest absolute Gasteiger partial charge is 0.394 e. The van der Waals surface area contributed by atoms with Gasteiger partial charge in [-0.25, -0.2) is 0 Å². The lowest BCUT2D eigenvalue weighted by Crippen LogP contribution is -2.60. The van der Waals surface area contributed by atoms with Crippen molar-refractivity contribution >= 4 is 5.91 Å². The van der Waals surface area contributed by atoms with Crippen LogP contribution in [0.15, 0.2) is 60.8 Å². The van der Waals surface area contributed by atoms with Crippen LogP contribution in [0.2, 0.25) is 0 Å². The molecule has 1 aliphatic heterocycles. The van der Waals surface area contributed by atoms with Crippen LogP contribution < -0.4 is 5.32 Å². The number of carbonyl (C=O) groups is 1. The summed E-state index contributed by atoms with van der Waals surface area (Å²) in [4.78, 5) is 13.1. The highest BCUT2D eigenvalue weighted by Gasteiger charge is 2.44. The van der Waals surface area contributed by atoms with Gasteiger partial charge in [0.15, 0.2) is 6.29 Å². The number of rotatable bonds is 57. The van der Waals surface area contributed by atoms with Crippen molar-refractivity contribution in [2.75, 3.05) is 13.2 Å². The molecule has 6 N–H and O–H groups in total. The Morgan fingerprint density at radius 3 is 1.19 bits per heavy atom. The van der Waals surface area contributed by atoms with E-state index in [1.807, 2.05) is 6.08 Å². The number of nitrogens with one attached hydrogen (secondary N) is 1. The van der Waals surface area contributed by atoms with Gasteiger partial charge in [0.1, 0.15) is 24.4 Å². The second kappa shape index (κ2) is 57.1. The van der Waals surface area contributed by atoms with E-state index in [4.69, 9.17) is 9.47 Å². The molecule has 1 fully saturated rings. The fourth-order valence-electron chi connectivity index (χ4n) is 10.4. The summed E-state index contributed by atoms with van der Waals surface area (Å²) in [5, 5.41) is 54.7. The zero-order valence-corrected chi connectivity index (χ0v) is 50.2. The van der Waals surface area contributed by atoms with Gasteiger partial charge in [0, 0.05) is 6.42 Å². The molecule has 1 amide bonds. The molecule has 0 aromatic heterocycles. The van der Waals surface area contributed by atoms with Crippen molar-refractivity contribution in [3.8, 4) is 0 Å². The molecule has 1 aliphatic rings. The molecule has 0 radical (unpaired) electrons. The van der Waals surface area contributed by atoms with Gasteiger partial charge in [0.2, 0.25) is 5.91 Å². The monoisotopic (exact) mass is 1080 g/mol. The molecule has 0 bridgehead atoms. The summed E-state index contributed by atoms with van der Waals surface area (Å²) in [6.07, 6.45) is 71.7. The van der Waals surface area contributed by atoms with Gasteiger partial charge in [-0.3, -0.25) is 4.79 Å². The van der Waals surface area contributed by atoms with Gasteiger partial charge in [0.05, 0.1) is 25.4 Å². The number of hydrogen-bond acceptors (Lipinski definition) is 8. The van der Waals surface area contributed by atoms with E-state index < -0.39 is 49.5 Å². The molecule has 1 saturated heterocycles. The Balaban J connectivity index is 2.13. The van der Waals surface area contributed by atoms with E-state index in [1.165, 1.54) is 225 Å². The van der Waals surface area contributed by atoms with Crippen molar-refractivity contribution < 1.29 is 39.8 Å². The third-order valence-electron chi connectivity index (χ3n) is 15.6. The van der Waals surface area contributed by atoms with E-state index in [9.17, 15) is 30.3 Å². The maximum absolute atomic E-state index is 13.1. The maximum Gasteiger partial charge on any atom is 0.220 e. The average Bonchev–Trinajstić information content (AvgIpc) is 3.43. The lowest BCUT2D eigenvalue weighted by molar-refractivity contribution is -0.302. The predicted octanol–water partition coefficient (Wildman–Crippen LogP) is 17.4. The fourth-order valence-corrected chi connectivity index (χ4v) is 10.4. The van der Waals surface area contributed by atoms with Gasteiger partial charge in [-0.2, -0.15) is 0 Å². The zero-order valence-electron chi connectivity index (χ0n) is 50.2. The molecule has 450 valence electrons. The molecule has 1 heterocycles. The quantitative estimate of drug-likeness (QED) is 0.0261. The van der Waals surface area contributed by atoms with Gasteiger partial charge >= 0.3 is 0 Å². The van der Waals surface area contributed by atoms with Gasteiger partial charge in [0.25, 0.3) is 0 Å². The number of ether oxygens (including phenoxy) is 2. The van der Waals surface area contributed by atoms with Crippen LogP contribution in [-0.4, -0.2) is 87.5 Å². The Morgan fingerprint density at radius 2 is 0.805 bits per heavy atom. The van der Waals surface area contributed by atoms with Crippen molar-refractivity contribution in [3.63, 3.8) is 0 Å². The second-order valence-electron chi connectivity index (χ2n) is 22.9. The van der Waals surface area contributed by atoms with Crippen LogP contribution in [0.1, 0.15) is 309 Å². The van der Waals surface area contributed by atoms with E-state index in [0.29, 0.717) is 6.42 Å². The molecule has 77 heavy (non-hydrogen) atoms. The van der Waals surface area contributed by atoms with Gasteiger partial charge < -0.3 is 40.3 Å². The van der Waals surface area contributed by atoms with Gasteiger partial charge in [-0.15, -0.1) is 0 Å². The summed E-state index contributed by atoms with van der Waals surface area (Å²) in [6.45, 7) is 3.70. The summed E-state index contributed by atoms with van der Waals surface area (Å²) in [5.74, 6) is -0.172. The van der Waals surface area contributed by atoms with Crippen molar-refractivity contribution in [3.05, 3.63) is 60.8 Å². The van der Waals surface area contributed by atoms with Crippen molar-refractivity contribution in [1.29, 1.82) is 0 Å². The molecule has 7 unspecified atom stereocenters. The minimum absolute atomic E-state index is 0.172. The van der Waals surface area contributed by atoms with Gasteiger partial charge in [-0.05, 0) is 57.8 Å². The molecular formula is C68H125NO8. The molecule has 0 aliphatic carbocycles. The fraction of sp³-hybridized carbons (Fsp3) is 0.838. The highest BCUT2D eigenvalue weighted by Crippen LogP contribution is 2.23. The lowest BCUT2D eigenvalue weighted by atomic mass is 9.99. The normalized spacial score (nSPS) is 19.1. The minimum Gasteiger partial charge on any atom is -0.394 e. The number of carbonyl (C=O) groups excluding carboxylic acids is 1. The van der Waals surface area contributed by atoms with E-state index in [0.717, 1.165) is 64.2 Å². The van der Waals surface area contributed by atoms with Crippen LogP contribution >= 0.6 is 0 Å². The summed E-state index contributed by atoms with van der Waals surface area (Å²) in [7, 11) is 0. The molecule has 0 aromatic rings. The summed E-state index contributed by atoms with van der Waals surface area (Å²) >= 11 is 0. The third kappa shape index (κ3) is 46.2. The first kappa shape index (κ1) is 72.9. The maximum atomic E-state index is 13.1. The number of unbranched alkanes of at least 4 members (excludes halogenated alkanes) is 39. The van der Waals surface area contributed by atoms with E-state index >= 15 is 0 Å². The first-order valence-corrected chi connectivity index (χ1v) is 33.0. The topological polar surface area (TPSA) is 149 Å². The Bertz CT molecular complexity index is 1400. The molecule has 7 atom stereocenters.